The summed E-state index contributed by atoms with van der Waals surface area (Å²) in [7, 11) is 0. The quantitative estimate of drug-likeness (QED) is 0.550. The van der Waals surface area contributed by atoms with Crippen LogP contribution in [-0.2, 0) is 0 Å². The van der Waals surface area contributed by atoms with Gasteiger partial charge in [0.25, 0.3) is 0 Å². The molecule has 2 aromatic rings. The van der Waals surface area contributed by atoms with Crippen molar-refractivity contribution < 1.29 is 9.90 Å². The smallest absolute Gasteiger partial charge is 0.150 e. The molecule has 0 aliphatic carbocycles. The van der Waals surface area contributed by atoms with Gasteiger partial charge >= 0.3 is 0 Å². The number of aldehydes is 1. The van der Waals surface area contributed by atoms with Crippen LogP contribution < -0.4 is 0 Å². The Labute approximate surface area is 146 Å². The second kappa shape index (κ2) is 10.8. The summed E-state index contributed by atoms with van der Waals surface area (Å²) in [6.45, 7) is 8.89. The molecule has 2 nitrogen and oxygen atoms in total. The fourth-order valence-corrected chi connectivity index (χ4v) is 2.90. The van der Waals surface area contributed by atoms with Gasteiger partial charge in [-0.3, -0.25) is 4.79 Å². The molecule has 2 aromatic carbocycles. The van der Waals surface area contributed by atoms with E-state index in [2.05, 4.69) is 39.8 Å². The number of aliphatic hydroxyl groups excluding tert-OH is 1. The fraction of sp³-hybridized carbons (Fsp3) is 0.409. The maximum Gasteiger partial charge on any atom is 0.150 e. The highest BCUT2D eigenvalue weighted by Gasteiger charge is 2.06. The van der Waals surface area contributed by atoms with Gasteiger partial charge in [-0.15, -0.1) is 0 Å². The van der Waals surface area contributed by atoms with Crippen molar-refractivity contribution in [2.24, 2.45) is 0 Å². The number of benzene rings is 2. The summed E-state index contributed by atoms with van der Waals surface area (Å²) >= 11 is 0. The van der Waals surface area contributed by atoms with Crippen molar-refractivity contribution in [1.82, 2.24) is 0 Å². The number of hydrogen-bond acceptors (Lipinski definition) is 2. The van der Waals surface area contributed by atoms with Crippen molar-refractivity contribution in [3.63, 3.8) is 0 Å². The summed E-state index contributed by atoms with van der Waals surface area (Å²) in [6, 6.07) is 12.1. The fourth-order valence-electron chi connectivity index (χ4n) is 2.90. The molecular formula is C22H30O2. The highest BCUT2D eigenvalue weighted by atomic mass is 16.2. The predicted molar refractivity (Wildman–Crippen MR) is 103 cm³/mol. The first-order chi connectivity index (χ1) is 11.5. The zero-order chi connectivity index (χ0) is 17.9. The topological polar surface area (TPSA) is 37.3 Å². The molecule has 0 amide bonds. The molecule has 0 bridgehead atoms. The van der Waals surface area contributed by atoms with Gasteiger partial charge in [0.15, 0.2) is 0 Å². The van der Waals surface area contributed by atoms with Crippen LogP contribution in [0.1, 0.15) is 59.7 Å². The SMILES string of the molecule is CCCCCCO.Cc1cc(C)c(-c2ccc(C=O)cc2)c(C)c1. The molecule has 0 fully saturated rings. The Morgan fingerprint density at radius 2 is 1.50 bits per heavy atom. The lowest BCUT2D eigenvalue weighted by molar-refractivity contribution is 0.112. The minimum Gasteiger partial charge on any atom is -0.396 e. The molecule has 0 radical (unpaired) electrons. The Bertz CT molecular complexity index is 600. The molecule has 24 heavy (non-hydrogen) atoms. The molecule has 0 unspecified atom stereocenters. The van der Waals surface area contributed by atoms with Crippen molar-refractivity contribution in [2.45, 2.75) is 53.4 Å². The van der Waals surface area contributed by atoms with E-state index >= 15 is 0 Å². The number of aliphatic hydroxyl groups is 1. The first-order valence-electron chi connectivity index (χ1n) is 8.77. The minimum atomic E-state index is 0.361. The first kappa shape index (κ1) is 20.1. The van der Waals surface area contributed by atoms with Crippen LogP contribution in [-0.4, -0.2) is 18.0 Å². The minimum absolute atomic E-state index is 0.361. The molecular weight excluding hydrogens is 296 g/mol. The number of unbranched alkanes of at least 4 members (excludes halogenated alkanes) is 3. The third kappa shape index (κ3) is 6.29. The van der Waals surface area contributed by atoms with Crippen LogP contribution >= 0.6 is 0 Å². The van der Waals surface area contributed by atoms with E-state index in [-0.39, 0.29) is 0 Å². The van der Waals surface area contributed by atoms with Gasteiger partial charge in [-0.25, -0.2) is 0 Å². The van der Waals surface area contributed by atoms with Gasteiger partial charge in [-0.05, 0) is 49.4 Å². The first-order valence-corrected chi connectivity index (χ1v) is 8.77. The van der Waals surface area contributed by atoms with Crippen LogP contribution in [0.5, 0.6) is 0 Å². The van der Waals surface area contributed by atoms with Crippen LogP contribution in [0, 0.1) is 20.8 Å². The zero-order valence-electron chi connectivity index (χ0n) is 15.4. The standard InChI is InChI=1S/C16H16O.C6H14O/c1-11-8-12(2)16(13(3)9-11)15-6-4-14(10-17)5-7-15;1-2-3-4-5-6-7/h4-10H,1-3H3;7H,2-6H2,1H3. The number of carbonyl (C=O) groups is 1. The van der Waals surface area contributed by atoms with E-state index < -0.39 is 0 Å². The Morgan fingerprint density at radius 1 is 0.917 bits per heavy atom. The van der Waals surface area contributed by atoms with Gasteiger partial charge < -0.3 is 5.11 Å². The molecule has 0 saturated carbocycles. The van der Waals surface area contributed by atoms with Gasteiger partial charge in [-0.1, -0.05) is 68.1 Å². The van der Waals surface area contributed by atoms with Crippen molar-refractivity contribution in [2.75, 3.05) is 6.61 Å². The highest BCUT2D eigenvalue weighted by molar-refractivity contribution is 5.78. The molecule has 2 heteroatoms. The van der Waals surface area contributed by atoms with Crippen molar-refractivity contribution in [1.29, 1.82) is 0 Å². The van der Waals surface area contributed by atoms with Crippen LogP contribution in [0.25, 0.3) is 11.1 Å². The molecule has 0 saturated heterocycles. The van der Waals surface area contributed by atoms with E-state index in [1.807, 2.05) is 24.3 Å². The third-order valence-corrected chi connectivity index (χ3v) is 4.02. The monoisotopic (exact) mass is 326 g/mol. The lowest BCUT2D eigenvalue weighted by atomic mass is 9.93. The van der Waals surface area contributed by atoms with Crippen LogP contribution in [0.15, 0.2) is 36.4 Å². The number of hydrogen-bond donors (Lipinski definition) is 1. The summed E-state index contributed by atoms with van der Waals surface area (Å²) in [5.74, 6) is 0. The van der Waals surface area contributed by atoms with Gasteiger partial charge in [0.05, 0.1) is 0 Å². The molecule has 0 aliphatic heterocycles. The Hall–Kier alpha value is -1.93. The van der Waals surface area contributed by atoms with Crippen molar-refractivity contribution >= 4 is 6.29 Å². The molecule has 130 valence electrons. The van der Waals surface area contributed by atoms with Gasteiger partial charge in [0, 0.05) is 12.2 Å². The maximum absolute atomic E-state index is 10.6. The Kier molecular flexibility index (Phi) is 9.03. The predicted octanol–water partition coefficient (Wildman–Crippen LogP) is 5.65. The van der Waals surface area contributed by atoms with Crippen LogP contribution in [0.3, 0.4) is 0 Å². The summed E-state index contributed by atoms with van der Waals surface area (Å²) < 4.78 is 0. The highest BCUT2D eigenvalue weighted by Crippen LogP contribution is 2.28. The Morgan fingerprint density at radius 3 is 1.96 bits per heavy atom. The molecule has 0 aliphatic rings. The largest absolute Gasteiger partial charge is 0.396 e. The normalized spacial score (nSPS) is 10.0. The van der Waals surface area contributed by atoms with E-state index in [0.717, 1.165) is 18.3 Å². The third-order valence-electron chi connectivity index (χ3n) is 4.02. The van der Waals surface area contributed by atoms with Gasteiger partial charge in [-0.2, -0.15) is 0 Å². The number of aryl methyl sites for hydroxylation is 3. The van der Waals surface area contributed by atoms with E-state index in [1.165, 1.54) is 47.1 Å². The number of rotatable bonds is 6. The van der Waals surface area contributed by atoms with Crippen molar-refractivity contribution in [3.05, 3.63) is 58.7 Å². The zero-order valence-corrected chi connectivity index (χ0v) is 15.4. The van der Waals surface area contributed by atoms with Crippen LogP contribution in [0.4, 0.5) is 0 Å². The second-order valence-electron chi connectivity index (χ2n) is 6.30. The molecule has 1 N–H and O–H groups in total. The Balaban J connectivity index is 0.000000351. The molecule has 0 heterocycles. The van der Waals surface area contributed by atoms with E-state index in [1.54, 1.807) is 0 Å². The summed E-state index contributed by atoms with van der Waals surface area (Å²) in [5, 5.41) is 8.29. The lowest BCUT2D eigenvalue weighted by Crippen LogP contribution is -1.90. The molecule has 0 atom stereocenters. The van der Waals surface area contributed by atoms with Crippen molar-refractivity contribution in [3.8, 4) is 11.1 Å². The second-order valence-corrected chi connectivity index (χ2v) is 6.30. The lowest BCUT2D eigenvalue weighted by Gasteiger charge is -2.11. The molecule has 0 spiro atoms. The molecule has 2 rings (SSSR count). The van der Waals surface area contributed by atoms with E-state index in [9.17, 15) is 4.79 Å². The van der Waals surface area contributed by atoms with Crippen LogP contribution in [0.2, 0.25) is 0 Å². The summed E-state index contributed by atoms with van der Waals surface area (Å²) in [4.78, 5) is 10.6. The van der Waals surface area contributed by atoms with E-state index in [0.29, 0.717) is 6.61 Å². The average molecular weight is 326 g/mol. The molecule has 0 aromatic heterocycles. The number of carbonyl (C=O) groups excluding carboxylic acids is 1. The summed E-state index contributed by atoms with van der Waals surface area (Å²) in [5.41, 5.74) is 7.01. The van der Waals surface area contributed by atoms with E-state index in [4.69, 9.17) is 5.11 Å². The van der Waals surface area contributed by atoms with Gasteiger partial charge in [0.2, 0.25) is 0 Å². The maximum atomic E-state index is 10.6. The van der Waals surface area contributed by atoms with Gasteiger partial charge in [0.1, 0.15) is 6.29 Å². The summed E-state index contributed by atoms with van der Waals surface area (Å²) in [6.07, 6.45) is 5.56. The average Bonchev–Trinajstić information content (AvgIpc) is 2.56.